The van der Waals surface area contributed by atoms with E-state index < -0.39 is 0 Å². The van der Waals surface area contributed by atoms with Gasteiger partial charge in [0.1, 0.15) is 10.5 Å². The molecule has 0 saturated carbocycles. The second-order valence-corrected chi connectivity index (χ2v) is 9.12. The first-order valence-electron chi connectivity index (χ1n) is 9.49. The fourth-order valence-corrected chi connectivity index (χ4v) is 4.90. The summed E-state index contributed by atoms with van der Waals surface area (Å²) in [5.41, 5.74) is 2.69. The number of hydrogen-bond acceptors (Lipinski definition) is 6. The summed E-state index contributed by atoms with van der Waals surface area (Å²) in [6.07, 6.45) is 0. The van der Waals surface area contributed by atoms with E-state index in [1.54, 1.807) is 0 Å². The molecule has 2 aromatic carbocycles. The fourth-order valence-electron chi connectivity index (χ4n) is 3.24. The summed E-state index contributed by atoms with van der Waals surface area (Å²) >= 11 is 8.94. The van der Waals surface area contributed by atoms with E-state index in [2.05, 4.69) is 36.9 Å². The molecule has 0 aliphatic rings. The van der Waals surface area contributed by atoms with E-state index in [4.69, 9.17) is 11.6 Å². The average Bonchev–Trinajstić information content (AvgIpc) is 3.41. The number of fused-ring (bicyclic) bond motifs is 1. The molecule has 0 amide bonds. The van der Waals surface area contributed by atoms with Crippen LogP contribution in [0.25, 0.3) is 21.6 Å². The molecule has 31 heavy (non-hydrogen) atoms. The van der Waals surface area contributed by atoms with E-state index in [1.807, 2.05) is 53.9 Å². The highest BCUT2D eigenvalue weighted by Crippen LogP contribution is 2.28. The van der Waals surface area contributed by atoms with Crippen LogP contribution in [0, 0.1) is 0 Å². The maximum absolute atomic E-state index is 12.3. The monoisotopic (exact) mass is 465 g/mol. The highest BCUT2D eigenvalue weighted by atomic mass is 35.5. The van der Waals surface area contributed by atoms with Crippen molar-refractivity contribution in [3.63, 3.8) is 0 Å². The summed E-state index contributed by atoms with van der Waals surface area (Å²) in [4.78, 5) is 19.7. The predicted octanol–water partition coefficient (Wildman–Crippen LogP) is 5.24. The Kier molecular flexibility index (Phi) is 5.59. The zero-order valence-electron chi connectivity index (χ0n) is 16.2. The number of thioether (sulfide) groups is 1. The minimum absolute atomic E-state index is 0.108. The van der Waals surface area contributed by atoms with Gasteiger partial charge in [-0.25, -0.2) is 4.98 Å². The molecule has 0 aliphatic carbocycles. The van der Waals surface area contributed by atoms with Crippen molar-refractivity contribution in [3.8, 4) is 11.4 Å². The molecule has 0 spiro atoms. The van der Waals surface area contributed by atoms with Gasteiger partial charge < -0.3 is 4.98 Å². The Hall–Kier alpha value is -2.94. The lowest BCUT2D eigenvalue weighted by Gasteiger charge is -2.10. The number of aromatic amines is 1. The number of hydrogen-bond donors (Lipinski definition) is 1. The average molecular weight is 466 g/mol. The third kappa shape index (κ3) is 4.27. The summed E-state index contributed by atoms with van der Waals surface area (Å²) in [5, 5.41) is 12.2. The first-order chi connectivity index (χ1) is 15.2. The second kappa shape index (κ2) is 8.66. The Morgan fingerprint density at radius 1 is 1.03 bits per heavy atom. The Balaban J connectivity index is 1.48. The van der Waals surface area contributed by atoms with Gasteiger partial charge in [0.15, 0.2) is 11.0 Å². The van der Waals surface area contributed by atoms with Gasteiger partial charge in [0.25, 0.3) is 5.56 Å². The zero-order valence-corrected chi connectivity index (χ0v) is 18.5. The van der Waals surface area contributed by atoms with Crippen LogP contribution in [-0.4, -0.2) is 24.7 Å². The van der Waals surface area contributed by atoms with Crippen LogP contribution in [0.3, 0.4) is 0 Å². The van der Waals surface area contributed by atoms with Crippen molar-refractivity contribution in [2.45, 2.75) is 17.5 Å². The van der Waals surface area contributed by atoms with Gasteiger partial charge in [0.05, 0.1) is 17.8 Å². The van der Waals surface area contributed by atoms with Crippen molar-refractivity contribution in [1.82, 2.24) is 24.7 Å². The first kappa shape index (κ1) is 20.0. The Morgan fingerprint density at radius 2 is 1.84 bits per heavy atom. The number of halogens is 1. The van der Waals surface area contributed by atoms with Crippen molar-refractivity contribution >= 4 is 44.9 Å². The van der Waals surface area contributed by atoms with Crippen LogP contribution in [0.15, 0.2) is 76.0 Å². The summed E-state index contributed by atoms with van der Waals surface area (Å²) in [5.74, 6) is 1.86. The third-order valence-electron chi connectivity index (χ3n) is 4.70. The van der Waals surface area contributed by atoms with Crippen LogP contribution in [0.5, 0.6) is 0 Å². The summed E-state index contributed by atoms with van der Waals surface area (Å²) < 4.78 is 2.72. The van der Waals surface area contributed by atoms with Crippen molar-refractivity contribution in [2.75, 3.05) is 0 Å². The maximum atomic E-state index is 12.3. The minimum atomic E-state index is -0.108. The first-order valence-corrected chi connectivity index (χ1v) is 11.7. The molecule has 5 aromatic rings. The molecule has 0 radical (unpaired) electrons. The van der Waals surface area contributed by atoms with Crippen molar-refractivity contribution in [3.05, 3.63) is 92.8 Å². The summed E-state index contributed by atoms with van der Waals surface area (Å²) in [7, 11) is 0. The molecule has 0 unspecified atom stereocenters. The number of benzene rings is 2. The van der Waals surface area contributed by atoms with Crippen LogP contribution in [0.1, 0.15) is 11.4 Å². The van der Waals surface area contributed by atoms with Gasteiger partial charge >= 0.3 is 0 Å². The van der Waals surface area contributed by atoms with Crippen LogP contribution in [0.4, 0.5) is 0 Å². The fraction of sp³-hybridized carbons (Fsp3) is 0.0909. The number of nitrogens with zero attached hydrogens (tertiary/aromatic N) is 4. The largest absolute Gasteiger partial charge is 0.309 e. The van der Waals surface area contributed by atoms with E-state index in [1.165, 1.54) is 23.1 Å². The predicted molar refractivity (Wildman–Crippen MR) is 126 cm³/mol. The molecule has 154 valence electrons. The van der Waals surface area contributed by atoms with Crippen molar-refractivity contribution < 1.29 is 0 Å². The molecule has 1 N–H and O–H groups in total. The molecule has 9 heteroatoms. The van der Waals surface area contributed by atoms with Gasteiger partial charge in [0, 0.05) is 10.6 Å². The van der Waals surface area contributed by atoms with Crippen molar-refractivity contribution in [1.29, 1.82) is 0 Å². The van der Waals surface area contributed by atoms with Gasteiger partial charge in [0.2, 0.25) is 0 Å². The molecular weight excluding hydrogens is 450 g/mol. The number of aromatic nitrogens is 5. The van der Waals surface area contributed by atoms with Crippen LogP contribution in [0.2, 0.25) is 5.02 Å². The number of nitrogens with one attached hydrogen (secondary N) is 1. The summed E-state index contributed by atoms with van der Waals surface area (Å²) in [6, 6.07) is 19.6. The lowest BCUT2D eigenvalue weighted by atomic mass is 10.2. The van der Waals surface area contributed by atoms with E-state index in [-0.39, 0.29) is 5.56 Å². The molecule has 0 atom stereocenters. The Morgan fingerprint density at radius 3 is 2.65 bits per heavy atom. The summed E-state index contributed by atoms with van der Waals surface area (Å²) in [6.45, 7) is 0.627. The maximum Gasteiger partial charge on any atom is 0.268 e. The second-order valence-electron chi connectivity index (χ2n) is 6.82. The van der Waals surface area contributed by atoms with E-state index in [9.17, 15) is 4.79 Å². The topological polar surface area (TPSA) is 76.5 Å². The third-order valence-corrected chi connectivity index (χ3v) is 6.84. The van der Waals surface area contributed by atoms with E-state index in [0.717, 1.165) is 27.6 Å². The number of thiophene rings is 1. The van der Waals surface area contributed by atoms with Crippen molar-refractivity contribution in [2.24, 2.45) is 0 Å². The molecule has 3 aromatic heterocycles. The number of H-pyrrole nitrogens is 1. The Labute approximate surface area is 191 Å². The molecular formula is C22H16ClN5OS2. The van der Waals surface area contributed by atoms with Crippen LogP contribution < -0.4 is 5.56 Å². The highest BCUT2D eigenvalue weighted by molar-refractivity contribution is 7.98. The van der Waals surface area contributed by atoms with Crippen LogP contribution in [-0.2, 0) is 12.3 Å². The molecule has 5 rings (SSSR count). The van der Waals surface area contributed by atoms with Gasteiger partial charge in [-0.05, 0) is 41.3 Å². The normalized spacial score (nSPS) is 11.3. The van der Waals surface area contributed by atoms with Gasteiger partial charge in [-0.1, -0.05) is 53.7 Å². The minimum Gasteiger partial charge on any atom is -0.309 e. The van der Waals surface area contributed by atoms with E-state index in [0.29, 0.717) is 27.8 Å². The molecule has 3 heterocycles. The smallest absolute Gasteiger partial charge is 0.268 e. The van der Waals surface area contributed by atoms with Gasteiger partial charge in [-0.2, -0.15) is 0 Å². The highest BCUT2D eigenvalue weighted by Gasteiger charge is 2.16. The number of rotatable bonds is 6. The quantitative estimate of drug-likeness (QED) is 0.347. The Bertz CT molecular complexity index is 1390. The molecule has 0 fully saturated rings. The zero-order chi connectivity index (χ0) is 21.2. The lowest BCUT2D eigenvalue weighted by Crippen LogP contribution is -2.10. The van der Waals surface area contributed by atoms with Gasteiger partial charge in [-0.3, -0.25) is 9.36 Å². The lowest BCUT2D eigenvalue weighted by molar-refractivity contribution is 0.714. The SMILES string of the molecule is O=c1[nH]c(CSc2nnc(-c3ccc(Cl)cc3)n2Cc2ccccc2)nc2ccsc12. The van der Waals surface area contributed by atoms with Gasteiger partial charge in [-0.15, -0.1) is 21.5 Å². The molecule has 0 aliphatic heterocycles. The standard InChI is InChI=1S/C22H16ClN5OS2/c23-16-8-6-15(7-9-16)20-26-27-22(28(20)12-14-4-2-1-3-5-14)31-13-18-24-17-10-11-30-19(17)21(29)25-18/h1-11H,12-13H2,(H,24,25,29). The van der Waals surface area contributed by atoms with Crippen LogP contribution >= 0.6 is 34.7 Å². The van der Waals surface area contributed by atoms with E-state index >= 15 is 0 Å². The molecule has 0 saturated heterocycles. The molecule has 0 bridgehead atoms. The molecule has 6 nitrogen and oxygen atoms in total.